The van der Waals surface area contributed by atoms with Gasteiger partial charge in [0, 0.05) is 5.69 Å². The van der Waals surface area contributed by atoms with Crippen LogP contribution in [0.25, 0.3) is 10.8 Å². The van der Waals surface area contributed by atoms with E-state index in [4.69, 9.17) is 4.74 Å². The Kier molecular flexibility index (Phi) is 10.0. The van der Waals surface area contributed by atoms with Crippen LogP contribution in [0.1, 0.15) is 25.8 Å². The zero-order chi connectivity index (χ0) is 26.6. The van der Waals surface area contributed by atoms with Crippen LogP contribution in [0.5, 0.6) is 0 Å². The lowest BCUT2D eigenvalue weighted by Gasteiger charge is -2.20. The van der Waals surface area contributed by atoms with Gasteiger partial charge in [-0.05, 0) is 40.8 Å². The van der Waals surface area contributed by atoms with Gasteiger partial charge in [-0.3, -0.25) is 14.4 Å². The van der Waals surface area contributed by atoms with Gasteiger partial charge in [0.2, 0.25) is 17.7 Å². The van der Waals surface area contributed by atoms with E-state index in [0.29, 0.717) is 12.1 Å². The standard InChI is InChI=1S/C28H32N4O5/c1-19(2)14-24(27(35)31-23-13-12-21-10-6-7-11-22(21)15-23)32-26(34)17-29-25(33)16-30-28(36)37-18-20-8-4-3-5-9-20/h3-13,15,19,24H,14,16-18H2,1-2H3,(H,29,33)(H,30,36)(H,31,35)(H,32,34). The molecule has 3 aromatic carbocycles. The molecule has 4 amide bonds. The minimum absolute atomic E-state index is 0.0786. The van der Waals surface area contributed by atoms with Gasteiger partial charge in [-0.25, -0.2) is 4.79 Å². The molecule has 9 nitrogen and oxygen atoms in total. The molecule has 4 N–H and O–H groups in total. The Morgan fingerprint density at radius 1 is 0.784 bits per heavy atom. The average molecular weight is 505 g/mol. The zero-order valence-electron chi connectivity index (χ0n) is 21.0. The number of nitrogens with one attached hydrogen (secondary N) is 4. The molecule has 37 heavy (non-hydrogen) atoms. The number of hydrogen-bond donors (Lipinski definition) is 4. The van der Waals surface area contributed by atoms with Crippen molar-refractivity contribution in [1.82, 2.24) is 16.0 Å². The predicted molar refractivity (Wildman–Crippen MR) is 142 cm³/mol. The topological polar surface area (TPSA) is 126 Å². The summed E-state index contributed by atoms with van der Waals surface area (Å²) in [6.45, 7) is 3.30. The lowest BCUT2D eigenvalue weighted by atomic mass is 10.0. The van der Waals surface area contributed by atoms with E-state index in [1.54, 1.807) is 0 Å². The first kappa shape index (κ1) is 27.2. The summed E-state index contributed by atoms with van der Waals surface area (Å²) in [4.78, 5) is 49.2. The van der Waals surface area contributed by atoms with Gasteiger partial charge in [0.1, 0.15) is 19.2 Å². The molecule has 3 aromatic rings. The van der Waals surface area contributed by atoms with Crippen molar-refractivity contribution in [2.24, 2.45) is 5.92 Å². The molecule has 0 saturated carbocycles. The van der Waals surface area contributed by atoms with Crippen molar-refractivity contribution in [1.29, 1.82) is 0 Å². The fourth-order valence-electron chi connectivity index (χ4n) is 3.61. The fraction of sp³-hybridized carbons (Fsp3) is 0.286. The molecular formula is C28H32N4O5. The van der Waals surface area contributed by atoms with Crippen LogP contribution in [0.2, 0.25) is 0 Å². The Morgan fingerprint density at radius 3 is 2.19 bits per heavy atom. The van der Waals surface area contributed by atoms with E-state index < -0.39 is 23.9 Å². The van der Waals surface area contributed by atoms with Gasteiger partial charge in [-0.15, -0.1) is 0 Å². The molecule has 0 aliphatic rings. The smallest absolute Gasteiger partial charge is 0.407 e. The summed E-state index contributed by atoms with van der Waals surface area (Å²) in [7, 11) is 0. The molecule has 0 spiro atoms. The quantitative estimate of drug-likeness (QED) is 0.319. The van der Waals surface area contributed by atoms with Gasteiger partial charge in [-0.2, -0.15) is 0 Å². The molecule has 0 saturated heterocycles. The van der Waals surface area contributed by atoms with Crippen LogP contribution >= 0.6 is 0 Å². The second-order valence-corrected chi connectivity index (χ2v) is 8.99. The molecule has 1 atom stereocenters. The monoisotopic (exact) mass is 504 g/mol. The SMILES string of the molecule is CC(C)CC(NC(=O)CNC(=O)CNC(=O)OCc1ccccc1)C(=O)Nc1ccc2ccccc2c1. The largest absolute Gasteiger partial charge is 0.445 e. The number of benzene rings is 3. The minimum Gasteiger partial charge on any atom is -0.445 e. The van der Waals surface area contributed by atoms with Gasteiger partial charge >= 0.3 is 6.09 Å². The molecule has 9 heteroatoms. The van der Waals surface area contributed by atoms with Crippen molar-refractivity contribution in [2.45, 2.75) is 32.9 Å². The molecule has 0 aromatic heterocycles. The Morgan fingerprint density at radius 2 is 1.46 bits per heavy atom. The lowest BCUT2D eigenvalue weighted by molar-refractivity contribution is -0.128. The number of anilines is 1. The van der Waals surface area contributed by atoms with E-state index in [1.165, 1.54) is 0 Å². The van der Waals surface area contributed by atoms with E-state index in [1.807, 2.05) is 86.6 Å². The highest BCUT2D eigenvalue weighted by Crippen LogP contribution is 2.19. The lowest BCUT2D eigenvalue weighted by Crippen LogP contribution is -2.49. The van der Waals surface area contributed by atoms with Crippen molar-refractivity contribution in [3.05, 3.63) is 78.4 Å². The Labute approximate surface area is 216 Å². The first-order chi connectivity index (χ1) is 17.8. The summed E-state index contributed by atoms with van der Waals surface area (Å²) < 4.78 is 5.04. The predicted octanol–water partition coefficient (Wildman–Crippen LogP) is 3.35. The third kappa shape index (κ3) is 9.29. The summed E-state index contributed by atoms with van der Waals surface area (Å²) in [6, 6.07) is 21.8. The van der Waals surface area contributed by atoms with Crippen molar-refractivity contribution in [3.8, 4) is 0 Å². The van der Waals surface area contributed by atoms with Gasteiger partial charge in [0.05, 0.1) is 6.54 Å². The summed E-state index contributed by atoms with van der Waals surface area (Å²) in [5.74, 6) is -1.27. The van der Waals surface area contributed by atoms with E-state index >= 15 is 0 Å². The first-order valence-electron chi connectivity index (χ1n) is 12.1. The molecule has 0 bridgehead atoms. The Hall–Kier alpha value is -4.40. The van der Waals surface area contributed by atoms with E-state index in [9.17, 15) is 19.2 Å². The zero-order valence-corrected chi connectivity index (χ0v) is 21.0. The number of rotatable bonds is 11. The van der Waals surface area contributed by atoms with Crippen LogP contribution < -0.4 is 21.3 Å². The Bertz CT molecular complexity index is 1230. The number of carbonyl (C=O) groups excluding carboxylic acids is 4. The van der Waals surface area contributed by atoms with Crippen molar-refractivity contribution < 1.29 is 23.9 Å². The summed E-state index contributed by atoms with van der Waals surface area (Å²) in [5.41, 5.74) is 1.45. The second-order valence-electron chi connectivity index (χ2n) is 8.99. The maximum absolute atomic E-state index is 12.9. The van der Waals surface area contributed by atoms with Crippen LogP contribution in [0, 0.1) is 5.92 Å². The summed E-state index contributed by atoms with van der Waals surface area (Å²) >= 11 is 0. The number of hydrogen-bond acceptors (Lipinski definition) is 5. The van der Waals surface area contributed by atoms with Crippen LogP contribution in [0.15, 0.2) is 72.8 Å². The van der Waals surface area contributed by atoms with Crippen LogP contribution in [-0.4, -0.2) is 42.9 Å². The number of alkyl carbamates (subject to hydrolysis) is 1. The molecule has 0 heterocycles. The summed E-state index contributed by atoms with van der Waals surface area (Å²) in [5, 5.41) is 12.4. The average Bonchev–Trinajstić information content (AvgIpc) is 2.89. The van der Waals surface area contributed by atoms with Crippen LogP contribution in [-0.2, 0) is 25.7 Å². The van der Waals surface area contributed by atoms with Crippen molar-refractivity contribution in [3.63, 3.8) is 0 Å². The highest BCUT2D eigenvalue weighted by Gasteiger charge is 2.22. The molecule has 0 aliphatic heterocycles. The fourth-order valence-corrected chi connectivity index (χ4v) is 3.61. The van der Waals surface area contributed by atoms with E-state index in [-0.39, 0.29) is 31.5 Å². The molecule has 1 unspecified atom stereocenters. The van der Waals surface area contributed by atoms with Gasteiger partial charge in [-0.1, -0.05) is 74.5 Å². The van der Waals surface area contributed by atoms with Crippen molar-refractivity contribution >= 4 is 40.3 Å². The molecule has 0 radical (unpaired) electrons. The van der Waals surface area contributed by atoms with Crippen molar-refractivity contribution in [2.75, 3.05) is 18.4 Å². The highest BCUT2D eigenvalue weighted by molar-refractivity contribution is 5.99. The molecular weight excluding hydrogens is 472 g/mol. The minimum atomic E-state index is -0.776. The summed E-state index contributed by atoms with van der Waals surface area (Å²) in [6.07, 6.45) is -0.320. The highest BCUT2D eigenvalue weighted by atomic mass is 16.5. The first-order valence-corrected chi connectivity index (χ1v) is 12.1. The maximum Gasteiger partial charge on any atom is 0.407 e. The van der Waals surface area contributed by atoms with E-state index in [0.717, 1.165) is 16.3 Å². The number of ether oxygens (including phenoxy) is 1. The molecule has 0 aliphatic carbocycles. The molecule has 0 fully saturated rings. The third-order valence-corrected chi connectivity index (χ3v) is 5.43. The normalized spacial score (nSPS) is 11.4. The second kappa shape index (κ2) is 13.6. The van der Waals surface area contributed by atoms with Crippen LogP contribution in [0.3, 0.4) is 0 Å². The number of carbonyl (C=O) groups is 4. The van der Waals surface area contributed by atoms with Gasteiger partial charge < -0.3 is 26.0 Å². The van der Waals surface area contributed by atoms with Crippen LogP contribution in [0.4, 0.5) is 10.5 Å². The Balaban J connectivity index is 1.43. The number of fused-ring (bicyclic) bond motifs is 1. The van der Waals surface area contributed by atoms with E-state index in [2.05, 4.69) is 21.3 Å². The molecule has 3 rings (SSSR count). The third-order valence-electron chi connectivity index (χ3n) is 5.43. The number of amides is 4. The maximum atomic E-state index is 12.9. The molecule has 194 valence electrons. The van der Waals surface area contributed by atoms with Gasteiger partial charge in [0.15, 0.2) is 0 Å². The van der Waals surface area contributed by atoms with Gasteiger partial charge in [0.25, 0.3) is 0 Å².